The Morgan fingerprint density at radius 3 is 1.57 bits per heavy atom. The minimum atomic E-state index is -1.26. The van der Waals surface area contributed by atoms with E-state index in [1.165, 1.54) is 6.92 Å². The fraction of sp³-hybridized carbons (Fsp3) is 0.125. The third kappa shape index (κ3) is 22.5. The minimum Gasteiger partial charge on any atom is -0.478 e. The molecule has 6 heteroatoms. The van der Waals surface area contributed by atoms with Gasteiger partial charge < -0.3 is 14.9 Å². The van der Waals surface area contributed by atoms with E-state index in [1.807, 2.05) is 0 Å². The molecule has 0 aromatic carbocycles. The van der Waals surface area contributed by atoms with Crippen LogP contribution in [0.25, 0.3) is 0 Å². The maximum absolute atomic E-state index is 9.75. The van der Waals surface area contributed by atoms with Gasteiger partial charge >= 0.3 is 17.9 Å². The SMILES string of the molecule is C=COC(C)=O.O=C(O)C=CC(=O)O. The van der Waals surface area contributed by atoms with Crippen molar-refractivity contribution in [1.29, 1.82) is 0 Å². The van der Waals surface area contributed by atoms with Crippen LogP contribution in [0, 0.1) is 0 Å². The van der Waals surface area contributed by atoms with E-state index in [1.54, 1.807) is 0 Å². The lowest BCUT2D eigenvalue weighted by atomic mass is 10.5. The second kappa shape index (κ2) is 8.98. The molecule has 0 aromatic rings. The number of carboxylic acid groups (broad SMARTS) is 2. The van der Waals surface area contributed by atoms with Gasteiger partial charge in [0.15, 0.2) is 0 Å². The van der Waals surface area contributed by atoms with Crippen LogP contribution >= 0.6 is 0 Å². The number of esters is 1. The molecule has 0 heterocycles. The van der Waals surface area contributed by atoms with Gasteiger partial charge in [-0.05, 0) is 0 Å². The average Bonchev–Trinajstić information content (AvgIpc) is 2.01. The van der Waals surface area contributed by atoms with Crippen LogP contribution in [-0.2, 0) is 19.1 Å². The van der Waals surface area contributed by atoms with Gasteiger partial charge in [-0.2, -0.15) is 0 Å². The van der Waals surface area contributed by atoms with Gasteiger partial charge in [0.2, 0.25) is 0 Å². The third-order valence-corrected chi connectivity index (χ3v) is 0.618. The van der Waals surface area contributed by atoms with Gasteiger partial charge in [-0.15, -0.1) is 0 Å². The monoisotopic (exact) mass is 202 g/mol. The van der Waals surface area contributed by atoms with Crippen molar-refractivity contribution in [2.75, 3.05) is 0 Å². The second-order valence-corrected chi connectivity index (χ2v) is 1.79. The van der Waals surface area contributed by atoms with E-state index < -0.39 is 11.9 Å². The van der Waals surface area contributed by atoms with Crippen molar-refractivity contribution in [2.45, 2.75) is 6.92 Å². The molecule has 0 bridgehead atoms. The number of hydrogen-bond acceptors (Lipinski definition) is 4. The van der Waals surface area contributed by atoms with Crippen molar-refractivity contribution in [2.24, 2.45) is 0 Å². The van der Waals surface area contributed by atoms with Crippen molar-refractivity contribution in [1.82, 2.24) is 0 Å². The number of carbonyl (C=O) groups is 3. The van der Waals surface area contributed by atoms with Crippen LogP contribution in [-0.4, -0.2) is 28.1 Å². The number of carboxylic acids is 2. The summed E-state index contributed by atoms with van der Waals surface area (Å²) >= 11 is 0. The summed E-state index contributed by atoms with van der Waals surface area (Å²) in [6.07, 6.45) is 2.22. The van der Waals surface area contributed by atoms with Crippen LogP contribution in [0.4, 0.5) is 0 Å². The summed E-state index contributed by atoms with van der Waals surface area (Å²) in [7, 11) is 0. The van der Waals surface area contributed by atoms with Crippen molar-refractivity contribution in [3.05, 3.63) is 25.0 Å². The Morgan fingerprint density at radius 2 is 1.50 bits per heavy atom. The quantitative estimate of drug-likeness (QED) is 0.390. The van der Waals surface area contributed by atoms with Gasteiger partial charge in [0, 0.05) is 19.1 Å². The lowest BCUT2D eigenvalue weighted by molar-refractivity contribution is -0.135. The van der Waals surface area contributed by atoms with Crippen LogP contribution in [0.15, 0.2) is 25.0 Å². The zero-order chi connectivity index (χ0) is 11.6. The zero-order valence-corrected chi connectivity index (χ0v) is 7.47. The number of aliphatic carboxylic acids is 2. The first-order chi connectivity index (χ1) is 6.40. The molecule has 0 saturated heterocycles. The lowest BCUT2D eigenvalue weighted by Gasteiger charge is -1.83. The summed E-state index contributed by atoms with van der Waals surface area (Å²) < 4.78 is 4.17. The molecule has 0 aliphatic rings. The average molecular weight is 202 g/mol. The molecule has 0 amide bonds. The van der Waals surface area contributed by atoms with Crippen LogP contribution < -0.4 is 0 Å². The van der Waals surface area contributed by atoms with E-state index in [4.69, 9.17) is 10.2 Å². The predicted molar refractivity (Wildman–Crippen MR) is 46.4 cm³/mol. The van der Waals surface area contributed by atoms with E-state index in [-0.39, 0.29) is 5.97 Å². The highest BCUT2D eigenvalue weighted by Crippen LogP contribution is 1.71. The number of hydrogen-bond donors (Lipinski definition) is 2. The fourth-order valence-corrected chi connectivity index (χ4v) is 0.260. The molecule has 0 aliphatic heterocycles. The largest absolute Gasteiger partial charge is 0.478 e. The smallest absolute Gasteiger partial charge is 0.328 e. The Kier molecular flexibility index (Phi) is 9.25. The van der Waals surface area contributed by atoms with Gasteiger partial charge in [0.25, 0.3) is 0 Å². The van der Waals surface area contributed by atoms with Crippen molar-refractivity contribution >= 4 is 17.9 Å². The molecule has 14 heavy (non-hydrogen) atoms. The standard InChI is InChI=1S/C4H4O4.C4H6O2/c5-3(6)1-2-4(7)8;1-3-6-4(2)5/h1-2H,(H,5,6)(H,7,8);3H,1H2,2H3. The highest BCUT2D eigenvalue weighted by Gasteiger charge is 1.88. The minimum absolute atomic E-state index is 0.329. The van der Waals surface area contributed by atoms with Gasteiger partial charge in [0.05, 0.1) is 6.26 Å². The Bertz CT molecular complexity index is 237. The first kappa shape index (κ1) is 14.4. The molecule has 0 fully saturated rings. The van der Waals surface area contributed by atoms with E-state index in [2.05, 4.69) is 11.3 Å². The van der Waals surface area contributed by atoms with Crippen LogP contribution in [0.1, 0.15) is 6.92 Å². The highest BCUT2D eigenvalue weighted by molar-refractivity contribution is 5.89. The lowest BCUT2D eigenvalue weighted by Crippen LogP contribution is -1.91. The van der Waals surface area contributed by atoms with Gasteiger partial charge in [-0.25, -0.2) is 9.59 Å². The fourth-order valence-electron chi connectivity index (χ4n) is 0.260. The molecule has 0 atom stereocenters. The van der Waals surface area contributed by atoms with Crippen molar-refractivity contribution in [3.63, 3.8) is 0 Å². The first-order valence-corrected chi connectivity index (χ1v) is 3.32. The molecule has 78 valence electrons. The maximum atomic E-state index is 9.75. The van der Waals surface area contributed by atoms with Crippen LogP contribution in [0.2, 0.25) is 0 Å². The van der Waals surface area contributed by atoms with Crippen molar-refractivity contribution in [3.8, 4) is 0 Å². The summed E-state index contributed by atoms with van der Waals surface area (Å²) in [6.45, 7) is 4.48. The van der Waals surface area contributed by atoms with Gasteiger partial charge in [-0.3, -0.25) is 4.79 Å². The molecule has 0 aromatic heterocycles. The summed E-state index contributed by atoms with van der Waals surface area (Å²) in [5.41, 5.74) is 0. The third-order valence-electron chi connectivity index (χ3n) is 0.618. The number of rotatable bonds is 3. The molecule has 0 radical (unpaired) electrons. The Morgan fingerprint density at radius 1 is 1.14 bits per heavy atom. The summed E-state index contributed by atoms with van der Waals surface area (Å²) in [6, 6.07) is 0. The summed E-state index contributed by atoms with van der Waals surface area (Å²) in [5, 5.41) is 15.6. The first-order valence-electron chi connectivity index (χ1n) is 3.32. The maximum Gasteiger partial charge on any atom is 0.328 e. The normalized spacial score (nSPS) is 8.36. The molecule has 0 unspecified atom stereocenters. The van der Waals surface area contributed by atoms with Crippen LogP contribution in [0.5, 0.6) is 0 Å². The topological polar surface area (TPSA) is 101 Å². The van der Waals surface area contributed by atoms with E-state index in [0.717, 1.165) is 6.26 Å². The molecule has 6 nitrogen and oxygen atoms in total. The molecule has 0 saturated carbocycles. The summed E-state index contributed by atoms with van der Waals surface area (Å²) in [5.74, 6) is -2.84. The molecule has 0 spiro atoms. The Hall–Kier alpha value is -2.11. The Balaban J connectivity index is 0. The van der Waals surface area contributed by atoms with Crippen molar-refractivity contribution < 1.29 is 29.3 Å². The molecular formula is C8H10O6. The molecular weight excluding hydrogens is 192 g/mol. The zero-order valence-electron chi connectivity index (χ0n) is 7.47. The van der Waals surface area contributed by atoms with Crippen LogP contribution in [0.3, 0.4) is 0 Å². The number of ether oxygens (including phenoxy) is 1. The molecule has 0 aliphatic carbocycles. The van der Waals surface area contributed by atoms with Gasteiger partial charge in [-0.1, -0.05) is 6.58 Å². The predicted octanol–water partition coefficient (Wildman–Crippen LogP) is 0.405. The second-order valence-electron chi connectivity index (χ2n) is 1.79. The molecule has 2 N–H and O–H groups in total. The molecule has 0 rings (SSSR count). The number of carbonyl (C=O) groups excluding carboxylic acids is 1. The van der Waals surface area contributed by atoms with E-state index in [9.17, 15) is 14.4 Å². The van der Waals surface area contributed by atoms with E-state index >= 15 is 0 Å². The summed E-state index contributed by atoms with van der Waals surface area (Å²) in [4.78, 5) is 28.9. The Labute approximate surface area is 80.1 Å². The van der Waals surface area contributed by atoms with E-state index in [0.29, 0.717) is 12.2 Å². The van der Waals surface area contributed by atoms with Gasteiger partial charge in [0.1, 0.15) is 0 Å². The highest BCUT2D eigenvalue weighted by atomic mass is 16.5.